The van der Waals surface area contributed by atoms with Gasteiger partial charge in [0.05, 0.1) is 5.02 Å². The molecule has 100 valence electrons. The second-order valence-electron chi connectivity index (χ2n) is 3.57. The van der Waals surface area contributed by atoms with E-state index in [-0.39, 0.29) is 15.7 Å². The van der Waals surface area contributed by atoms with E-state index in [9.17, 15) is 8.42 Å². The average Bonchev–Trinajstić information content (AvgIpc) is 2.33. The molecule has 0 radical (unpaired) electrons. The molecule has 0 fully saturated rings. The van der Waals surface area contributed by atoms with Crippen molar-refractivity contribution >= 4 is 49.2 Å². The van der Waals surface area contributed by atoms with E-state index in [0.717, 1.165) is 4.47 Å². The molecule has 0 aliphatic carbocycles. The SMILES string of the molecule is O=S(=O)(Oc1ccc(Cl)cc1Cl)c1ccc(Br)cc1. The molecule has 0 N–H and O–H groups in total. The van der Waals surface area contributed by atoms with E-state index < -0.39 is 10.1 Å². The zero-order valence-corrected chi connectivity index (χ0v) is 13.2. The Labute approximate surface area is 129 Å². The molecule has 2 aromatic rings. The summed E-state index contributed by atoms with van der Waals surface area (Å²) in [6.07, 6.45) is 0. The van der Waals surface area contributed by atoms with Crippen molar-refractivity contribution in [3.63, 3.8) is 0 Å². The Morgan fingerprint density at radius 3 is 2.21 bits per heavy atom. The Morgan fingerprint density at radius 2 is 1.63 bits per heavy atom. The van der Waals surface area contributed by atoms with Gasteiger partial charge >= 0.3 is 10.1 Å². The van der Waals surface area contributed by atoms with Gasteiger partial charge in [0.2, 0.25) is 0 Å². The molecule has 0 spiro atoms. The molecule has 3 nitrogen and oxygen atoms in total. The fraction of sp³-hybridized carbons (Fsp3) is 0. The van der Waals surface area contributed by atoms with Crippen LogP contribution in [0.3, 0.4) is 0 Å². The molecule has 2 rings (SSSR count). The van der Waals surface area contributed by atoms with E-state index in [1.807, 2.05) is 0 Å². The second-order valence-corrected chi connectivity index (χ2v) is 6.87. The van der Waals surface area contributed by atoms with Crippen molar-refractivity contribution in [3.8, 4) is 5.75 Å². The lowest BCUT2D eigenvalue weighted by Gasteiger charge is -2.08. The van der Waals surface area contributed by atoms with Crippen LogP contribution in [0.1, 0.15) is 0 Å². The van der Waals surface area contributed by atoms with E-state index in [1.165, 1.54) is 30.3 Å². The molecule has 0 aliphatic rings. The molecule has 0 aromatic heterocycles. The Bertz CT molecular complexity index is 699. The van der Waals surface area contributed by atoms with Crippen LogP contribution >= 0.6 is 39.1 Å². The predicted octanol–water partition coefficient (Wildman–Crippen LogP) is 4.52. The first-order valence-corrected chi connectivity index (χ1v) is 7.99. The van der Waals surface area contributed by atoms with Gasteiger partial charge < -0.3 is 4.18 Å². The van der Waals surface area contributed by atoms with Gasteiger partial charge in [-0.05, 0) is 42.5 Å². The van der Waals surface area contributed by atoms with Gasteiger partial charge in [-0.25, -0.2) is 0 Å². The third-order valence-corrected chi connectivity index (χ3v) is 4.50. The van der Waals surface area contributed by atoms with Gasteiger partial charge in [-0.15, -0.1) is 0 Å². The van der Waals surface area contributed by atoms with Crippen LogP contribution in [-0.2, 0) is 10.1 Å². The fourth-order valence-corrected chi connectivity index (χ4v) is 3.01. The monoisotopic (exact) mass is 380 g/mol. The Morgan fingerprint density at radius 1 is 1.00 bits per heavy atom. The average molecular weight is 382 g/mol. The first kappa shape index (κ1) is 14.7. The van der Waals surface area contributed by atoms with Crippen molar-refractivity contribution in [3.05, 3.63) is 57.0 Å². The van der Waals surface area contributed by atoms with Crippen LogP contribution < -0.4 is 4.18 Å². The molecule has 0 saturated heterocycles. The third-order valence-electron chi connectivity index (χ3n) is 2.20. The summed E-state index contributed by atoms with van der Waals surface area (Å²) in [7, 11) is -3.91. The first-order chi connectivity index (χ1) is 8.88. The van der Waals surface area contributed by atoms with Crippen LogP contribution in [-0.4, -0.2) is 8.42 Å². The smallest absolute Gasteiger partial charge is 0.339 e. The minimum absolute atomic E-state index is 0.0361. The molecule has 7 heteroatoms. The van der Waals surface area contributed by atoms with E-state index in [1.54, 1.807) is 12.1 Å². The van der Waals surface area contributed by atoms with Gasteiger partial charge in [0, 0.05) is 9.50 Å². The molecular weight excluding hydrogens is 375 g/mol. The van der Waals surface area contributed by atoms with Crippen LogP contribution in [0.15, 0.2) is 51.8 Å². The highest BCUT2D eigenvalue weighted by atomic mass is 79.9. The highest BCUT2D eigenvalue weighted by Crippen LogP contribution is 2.30. The molecular formula is C12H7BrCl2O3S. The molecule has 0 saturated carbocycles. The minimum Gasteiger partial charge on any atom is -0.377 e. The van der Waals surface area contributed by atoms with E-state index >= 15 is 0 Å². The molecule has 0 heterocycles. The molecule has 0 aliphatic heterocycles. The van der Waals surface area contributed by atoms with Crippen LogP contribution in [0, 0.1) is 0 Å². The Kier molecular flexibility index (Phi) is 4.40. The number of benzene rings is 2. The maximum Gasteiger partial charge on any atom is 0.339 e. The highest BCUT2D eigenvalue weighted by molar-refractivity contribution is 9.10. The lowest BCUT2D eigenvalue weighted by Crippen LogP contribution is -2.09. The van der Waals surface area contributed by atoms with E-state index in [4.69, 9.17) is 27.4 Å². The van der Waals surface area contributed by atoms with E-state index in [2.05, 4.69) is 15.9 Å². The zero-order chi connectivity index (χ0) is 14.0. The third kappa shape index (κ3) is 3.63. The molecule has 19 heavy (non-hydrogen) atoms. The molecule has 0 unspecified atom stereocenters. The van der Waals surface area contributed by atoms with Crippen LogP contribution in [0.5, 0.6) is 5.75 Å². The molecule has 2 aromatic carbocycles. The summed E-state index contributed by atoms with van der Waals surface area (Å²) in [5.74, 6) is 0.0361. The summed E-state index contributed by atoms with van der Waals surface area (Å²) in [4.78, 5) is 0.0433. The van der Waals surface area contributed by atoms with Crippen LogP contribution in [0.2, 0.25) is 10.0 Å². The lowest BCUT2D eigenvalue weighted by atomic mass is 10.3. The topological polar surface area (TPSA) is 43.4 Å². The van der Waals surface area contributed by atoms with Crippen molar-refractivity contribution in [2.45, 2.75) is 4.90 Å². The predicted molar refractivity (Wildman–Crippen MR) is 78.4 cm³/mol. The van der Waals surface area contributed by atoms with Gasteiger partial charge in [-0.2, -0.15) is 8.42 Å². The first-order valence-electron chi connectivity index (χ1n) is 5.03. The van der Waals surface area contributed by atoms with Gasteiger partial charge in [0.25, 0.3) is 0 Å². The number of rotatable bonds is 3. The van der Waals surface area contributed by atoms with Gasteiger partial charge in [0.1, 0.15) is 4.90 Å². The largest absolute Gasteiger partial charge is 0.377 e. The highest BCUT2D eigenvalue weighted by Gasteiger charge is 2.18. The maximum absolute atomic E-state index is 12.0. The molecule has 0 bridgehead atoms. The van der Waals surface area contributed by atoms with Crippen LogP contribution in [0.4, 0.5) is 0 Å². The number of hydrogen-bond donors (Lipinski definition) is 0. The molecule has 0 amide bonds. The Balaban J connectivity index is 2.33. The minimum atomic E-state index is -3.91. The van der Waals surface area contributed by atoms with Crippen molar-refractivity contribution < 1.29 is 12.6 Å². The summed E-state index contributed by atoms with van der Waals surface area (Å²) in [6, 6.07) is 10.4. The van der Waals surface area contributed by atoms with Gasteiger partial charge in [0.15, 0.2) is 5.75 Å². The standard InChI is InChI=1S/C12H7BrCl2O3S/c13-8-1-4-10(5-2-8)19(16,17)18-12-6-3-9(14)7-11(12)15/h1-7H. The van der Waals surface area contributed by atoms with Gasteiger partial charge in [-0.1, -0.05) is 39.1 Å². The van der Waals surface area contributed by atoms with Crippen molar-refractivity contribution in [2.24, 2.45) is 0 Å². The number of hydrogen-bond acceptors (Lipinski definition) is 3. The van der Waals surface area contributed by atoms with Gasteiger partial charge in [-0.3, -0.25) is 0 Å². The quantitative estimate of drug-likeness (QED) is 0.734. The van der Waals surface area contributed by atoms with E-state index in [0.29, 0.717) is 5.02 Å². The van der Waals surface area contributed by atoms with Crippen molar-refractivity contribution in [1.29, 1.82) is 0 Å². The summed E-state index contributed by atoms with van der Waals surface area (Å²) < 4.78 is 29.8. The van der Waals surface area contributed by atoms with Crippen LogP contribution in [0.25, 0.3) is 0 Å². The summed E-state index contributed by atoms with van der Waals surface area (Å²) >= 11 is 14.8. The van der Waals surface area contributed by atoms with Crippen molar-refractivity contribution in [2.75, 3.05) is 0 Å². The lowest BCUT2D eigenvalue weighted by molar-refractivity contribution is 0.486. The summed E-state index contributed by atoms with van der Waals surface area (Å²) in [5, 5.41) is 0.534. The zero-order valence-electron chi connectivity index (χ0n) is 9.31. The number of halogens is 3. The second kappa shape index (κ2) is 5.71. The van der Waals surface area contributed by atoms with Crippen molar-refractivity contribution in [1.82, 2.24) is 0 Å². The maximum atomic E-state index is 12.0. The summed E-state index contributed by atoms with van der Waals surface area (Å²) in [5.41, 5.74) is 0. The summed E-state index contributed by atoms with van der Waals surface area (Å²) in [6.45, 7) is 0. The molecule has 0 atom stereocenters. The Hall–Kier alpha value is -0.750. The fourth-order valence-electron chi connectivity index (χ4n) is 1.31. The normalized spacial score (nSPS) is 11.3.